The number of nitrogens with one attached hydrogen (secondary N) is 2. The molecule has 2 rings (SSSR count). The van der Waals surface area contributed by atoms with Crippen molar-refractivity contribution in [3.05, 3.63) is 18.3 Å². The molecule has 1 aromatic rings. The number of amides is 1. The summed E-state index contributed by atoms with van der Waals surface area (Å²) in [4.78, 5) is 17.8. The zero-order valence-electron chi connectivity index (χ0n) is 17.0. The SMILES string of the molecule is CN(C)S(=O)(=O)c1ccc(NCC(C)(C)NCC(=O)N2C[C@@H](F)C[C@H]2C#N)nc1. The maximum atomic E-state index is 13.5. The Morgan fingerprint density at radius 1 is 1.45 bits per heavy atom. The number of alkyl halides is 1. The van der Waals surface area contributed by atoms with Gasteiger partial charge in [-0.3, -0.25) is 4.79 Å². The highest BCUT2D eigenvalue weighted by Gasteiger charge is 2.35. The highest BCUT2D eigenvalue weighted by Crippen LogP contribution is 2.20. The Labute approximate surface area is 170 Å². The lowest BCUT2D eigenvalue weighted by Crippen LogP contribution is -2.50. The van der Waals surface area contributed by atoms with Crippen molar-refractivity contribution in [1.82, 2.24) is 19.5 Å². The molecule has 1 amide bonds. The van der Waals surface area contributed by atoms with E-state index in [1.807, 2.05) is 19.9 Å². The average molecular weight is 427 g/mol. The lowest BCUT2D eigenvalue weighted by Gasteiger charge is -2.28. The maximum Gasteiger partial charge on any atom is 0.244 e. The van der Waals surface area contributed by atoms with Crippen molar-refractivity contribution in [2.75, 3.05) is 39.0 Å². The fourth-order valence-electron chi connectivity index (χ4n) is 2.82. The minimum Gasteiger partial charge on any atom is -0.368 e. The van der Waals surface area contributed by atoms with Crippen molar-refractivity contribution < 1.29 is 17.6 Å². The summed E-state index contributed by atoms with van der Waals surface area (Å²) in [6, 6.07) is 4.28. The van der Waals surface area contributed by atoms with E-state index in [4.69, 9.17) is 5.26 Å². The third-order valence-electron chi connectivity index (χ3n) is 4.66. The number of nitrogens with zero attached hydrogens (tertiary/aromatic N) is 4. The number of pyridine rings is 1. The predicted octanol–water partition coefficient (Wildman–Crippen LogP) is 0.575. The molecule has 1 saturated heterocycles. The molecule has 2 heterocycles. The molecular weight excluding hydrogens is 399 g/mol. The van der Waals surface area contributed by atoms with E-state index < -0.39 is 27.8 Å². The first-order valence-corrected chi connectivity index (χ1v) is 10.6. The molecule has 11 heteroatoms. The van der Waals surface area contributed by atoms with Crippen LogP contribution in [0.5, 0.6) is 0 Å². The number of aromatic nitrogens is 1. The second kappa shape index (κ2) is 9.02. The van der Waals surface area contributed by atoms with Gasteiger partial charge in [-0.15, -0.1) is 0 Å². The zero-order valence-corrected chi connectivity index (χ0v) is 17.8. The second-order valence-corrected chi connectivity index (χ2v) is 9.93. The van der Waals surface area contributed by atoms with Gasteiger partial charge in [-0.2, -0.15) is 5.26 Å². The van der Waals surface area contributed by atoms with Crippen LogP contribution in [0.2, 0.25) is 0 Å². The number of rotatable bonds is 8. The molecule has 2 atom stereocenters. The van der Waals surface area contributed by atoms with Crippen LogP contribution in [0, 0.1) is 11.3 Å². The van der Waals surface area contributed by atoms with E-state index in [-0.39, 0.29) is 30.3 Å². The van der Waals surface area contributed by atoms with E-state index in [2.05, 4.69) is 15.6 Å². The minimum absolute atomic E-state index is 0.0208. The summed E-state index contributed by atoms with van der Waals surface area (Å²) in [5.41, 5.74) is -0.511. The maximum absolute atomic E-state index is 13.5. The van der Waals surface area contributed by atoms with Crippen molar-refractivity contribution in [2.45, 2.75) is 42.9 Å². The van der Waals surface area contributed by atoms with E-state index in [0.717, 1.165) is 4.31 Å². The smallest absolute Gasteiger partial charge is 0.244 e. The molecule has 1 fully saturated rings. The van der Waals surface area contributed by atoms with Gasteiger partial charge in [0.15, 0.2) is 0 Å². The van der Waals surface area contributed by atoms with Gasteiger partial charge in [0, 0.05) is 38.8 Å². The molecule has 0 aromatic carbocycles. The average Bonchev–Trinajstić information content (AvgIpc) is 3.06. The summed E-state index contributed by atoms with van der Waals surface area (Å²) < 4.78 is 38.7. The van der Waals surface area contributed by atoms with Crippen molar-refractivity contribution in [3.8, 4) is 6.07 Å². The molecular formula is C18H27FN6O3S. The van der Waals surface area contributed by atoms with Gasteiger partial charge < -0.3 is 15.5 Å². The summed E-state index contributed by atoms with van der Waals surface area (Å²) in [5, 5.41) is 15.2. The Morgan fingerprint density at radius 2 is 2.14 bits per heavy atom. The van der Waals surface area contributed by atoms with Crippen LogP contribution >= 0.6 is 0 Å². The minimum atomic E-state index is -3.54. The van der Waals surface area contributed by atoms with Gasteiger partial charge in [0.1, 0.15) is 22.9 Å². The van der Waals surface area contributed by atoms with Crippen LogP contribution in [0.15, 0.2) is 23.2 Å². The third-order valence-corrected chi connectivity index (χ3v) is 6.46. The van der Waals surface area contributed by atoms with Crippen LogP contribution in [0.1, 0.15) is 20.3 Å². The van der Waals surface area contributed by atoms with Gasteiger partial charge >= 0.3 is 0 Å². The molecule has 1 aliphatic rings. The van der Waals surface area contributed by atoms with Gasteiger partial charge in [-0.25, -0.2) is 22.1 Å². The van der Waals surface area contributed by atoms with Crippen LogP contribution in [0.3, 0.4) is 0 Å². The lowest BCUT2D eigenvalue weighted by molar-refractivity contribution is -0.130. The lowest BCUT2D eigenvalue weighted by atomic mass is 10.1. The summed E-state index contributed by atoms with van der Waals surface area (Å²) in [6.07, 6.45) is 0.173. The molecule has 9 nitrogen and oxygen atoms in total. The number of hydrogen-bond acceptors (Lipinski definition) is 7. The number of halogens is 1. The first-order chi connectivity index (χ1) is 13.5. The molecule has 160 valence electrons. The Balaban J connectivity index is 1.88. The number of hydrogen-bond donors (Lipinski definition) is 2. The van der Waals surface area contributed by atoms with Crippen LogP contribution < -0.4 is 10.6 Å². The van der Waals surface area contributed by atoms with Gasteiger partial charge in [0.05, 0.1) is 19.2 Å². The quantitative estimate of drug-likeness (QED) is 0.624. The van der Waals surface area contributed by atoms with E-state index in [0.29, 0.717) is 12.4 Å². The molecule has 0 saturated carbocycles. The molecule has 1 aromatic heterocycles. The summed E-state index contributed by atoms with van der Waals surface area (Å²) in [5.74, 6) is 0.175. The van der Waals surface area contributed by atoms with E-state index in [1.54, 1.807) is 6.07 Å². The Hall–Kier alpha value is -2.29. The van der Waals surface area contributed by atoms with Crippen LogP contribution in [0.4, 0.5) is 10.2 Å². The van der Waals surface area contributed by atoms with E-state index in [9.17, 15) is 17.6 Å². The highest BCUT2D eigenvalue weighted by atomic mass is 32.2. The fourth-order valence-corrected chi connectivity index (χ4v) is 3.67. The van der Waals surface area contributed by atoms with Crippen molar-refractivity contribution in [1.29, 1.82) is 5.26 Å². The topological polar surface area (TPSA) is 118 Å². The number of likely N-dealkylation sites (tertiary alicyclic amines) is 1. The largest absolute Gasteiger partial charge is 0.368 e. The number of carbonyl (C=O) groups is 1. The fraction of sp³-hybridized carbons (Fsp3) is 0.611. The molecule has 0 spiro atoms. The predicted molar refractivity (Wildman–Crippen MR) is 106 cm³/mol. The van der Waals surface area contributed by atoms with E-state index in [1.165, 1.54) is 31.3 Å². The van der Waals surface area contributed by atoms with Gasteiger partial charge in [0.2, 0.25) is 15.9 Å². The van der Waals surface area contributed by atoms with Crippen LogP contribution in [-0.2, 0) is 14.8 Å². The Morgan fingerprint density at radius 3 is 2.69 bits per heavy atom. The molecule has 0 bridgehead atoms. The van der Waals surface area contributed by atoms with Crippen molar-refractivity contribution in [3.63, 3.8) is 0 Å². The standard InChI is InChI=1S/C18H27FN6O3S/c1-18(2,23-10-17(26)25-11-13(19)7-14(25)8-20)12-22-16-6-5-15(9-21-16)29(27,28)24(3)4/h5-6,9,13-14,23H,7,10-12H2,1-4H3,(H,21,22)/t13-,14-/m0/s1. The molecule has 29 heavy (non-hydrogen) atoms. The second-order valence-electron chi connectivity index (χ2n) is 7.78. The normalized spacial score (nSPS) is 20.0. The van der Waals surface area contributed by atoms with Gasteiger partial charge in [-0.05, 0) is 26.0 Å². The summed E-state index contributed by atoms with van der Waals surface area (Å²) in [7, 11) is -0.635. The van der Waals surface area contributed by atoms with Crippen molar-refractivity contribution >= 4 is 21.7 Å². The zero-order chi connectivity index (χ0) is 21.8. The van der Waals surface area contributed by atoms with Crippen LogP contribution in [-0.4, -0.2) is 80.0 Å². The molecule has 0 radical (unpaired) electrons. The molecule has 2 N–H and O–H groups in total. The Bertz CT molecular complexity index is 867. The first-order valence-electron chi connectivity index (χ1n) is 9.17. The Kier molecular flexibility index (Phi) is 7.15. The number of carbonyl (C=O) groups excluding carboxylic acids is 1. The molecule has 0 unspecified atom stereocenters. The third kappa shape index (κ3) is 5.85. The summed E-state index contributed by atoms with van der Waals surface area (Å²) >= 11 is 0. The van der Waals surface area contributed by atoms with E-state index >= 15 is 0 Å². The number of sulfonamides is 1. The van der Waals surface area contributed by atoms with Crippen molar-refractivity contribution in [2.24, 2.45) is 0 Å². The van der Waals surface area contributed by atoms with Gasteiger partial charge in [-0.1, -0.05) is 0 Å². The molecule has 1 aliphatic heterocycles. The summed E-state index contributed by atoms with van der Waals surface area (Å²) in [6.45, 7) is 4.08. The molecule has 0 aliphatic carbocycles. The number of anilines is 1. The first kappa shape index (κ1) is 23.0. The van der Waals surface area contributed by atoms with Crippen LogP contribution in [0.25, 0.3) is 0 Å². The highest BCUT2D eigenvalue weighted by molar-refractivity contribution is 7.89. The van der Waals surface area contributed by atoms with Gasteiger partial charge in [0.25, 0.3) is 0 Å². The number of nitriles is 1. The monoisotopic (exact) mass is 426 g/mol.